The highest BCUT2D eigenvalue weighted by Crippen LogP contribution is 2.38. The Bertz CT molecular complexity index is 459. The van der Waals surface area contributed by atoms with Crippen molar-refractivity contribution in [2.75, 3.05) is 20.0 Å². The molecular formula is C14H18ClNO2S. The summed E-state index contributed by atoms with van der Waals surface area (Å²) in [6, 6.07) is 3.72. The number of nitrogens with zero attached hydrogens (tertiary/aromatic N) is 1. The first-order chi connectivity index (χ1) is 9.17. The Morgan fingerprint density at radius 3 is 2.47 bits per heavy atom. The number of nitriles is 1. The van der Waals surface area contributed by atoms with Crippen LogP contribution < -0.4 is 9.47 Å². The van der Waals surface area contributed by atoms with Crippen LogP contribution in [-0.4, -0.2) is 20.0 Å². The molecule has 1 rings (SSSR count). The maximum absolute atomic E-state index is 8.58. The smallest absolute Gasteiger partial charge is 0.162 e. The van der Waals surface area contributed by atoms with E-state index in [0.717, 1.165) is 24.2 Å². The van der Waals surface area contributed by atoms with Gasteiger partial charge in [0.25, 0.3) is 0 Å². The molecule has 0 spiro atoms. The molecule has 19 heavy (non-hydrogen) atoms. The van der Waals surface area contributed by atoms with Crippen molar-refractivity contribution in [3.05, 3.63) is 22.7 Å². The number of ether oxygens (including phenoxy) is 2. The third kappa shape index (κ3) is 4.22. The van der Waals surface area contributed by atoms with E-state index >= 15 is 0 Å². The van der Waals surface area contributed by atoms with Gasteiger partial charge in [0.2, 0.25) is 0 Å². The Morgan fingerprint density at radius 2 is 1.95 bits per heavy atom. The van der Waals surface area contributed by atoms with E-state index < -0.39 is 0 Å². The molecule has 1 aromatic rings. The number of benzene rings is 1. The summed E-state index contributed by atoms with van der Waals surface area (Å²) in [5.41, 5.74) is 1.06. The monoisotopic (exact) mass is 299 g/mol. The standard InChI is InChI=1S/C14H18ClNO2S/c1-4-10(5-6-19-9-16)11-7-13(17-2)14(18-3)8-12(11)15/h7-8,10H,4-6H2,1-3H3. The molecule has 0 radical (unpaired) electrons. The van der Waals surface area contributed by atoms with E-state index in [-0.39, 0.29) is 0 Å². The molecule has 0 amide bonds. The summed E-state index contributed by atoms with van der Waals surface area (Å²) in [6.07, 6.45) is 1.89. The zero-order chi connectivity index (χ0) is 14.3. The zero-order valence-corrected chi connectivity index (χ0v) is 13.0. The van der Waals surface area contributed by atoms with Gasteiger partial charge < -0.3 is 9.47 Å². The second-order valence-electron chi connectivity index (χ2n) is 4.06. The maximum Gasteiger partial charge on any atom is 0.162 e. The van der Waals surface area contributed by atoms with Gasteiger partial charge in [0.1, 0.15) is 5.40 Å². The van der Waals surface area contributed by atoms with Gasteiger partial charge in [-0.3, -0.25) is 0 Å². The summed E-state index contributed by atoms with van der Waals surface area (Å²) in [4.78, 5) is 0. The Morgan fingerprint density at radius 1 is 1.32 bits per heavy atom. The van der Waals surface area contributed by atoms with Crippen LogP contribution in [0.25, 0.3) is 0 Å². The largest absolute Gasteiger partial charge is 0.493 e. The SMILES string of the molecule is CCC(CCSC#N)c1cc(OC)c(OC)cc1Cl. The summed E-state index contributed by atoms with van der Waals surface area (Å²) in [5.74, 6) is 2.46. The van der Waals surface area contributed by atoms with Crippen molar-refractivity contribution in [2.24, 2.45) is 0 Å². The van der Waals surface area contributed by atoms with Crippen LogP contribution in [0, 0.1) is 10.7 Å². The molecule has 0 saturated heterocycles. The average Bonchev–Trinajstić information content (AvgIpc) is 2.44. The van der Waals surface area contributed by atoms with E-state index in [1.54, 1.807) is 20.3 Å². The molecule has 0 fully saturated rings. The van der Waals surface area contributed by atoms with E-state index in [2.05, 4.69) is 12.3 Å². The van der Waals surface area contributed by atoms with Crippen molar-refractivity contribution >= 4 is 23.4 Å². The Labute approximate surface area is 123 Å². The van der Waals surface area contributed by atoms with Crippen molar-refractivity contribution in [2.45, 2.75) is 25.7 Å². The van der Waals surface area contributed by atoms with Crippen molar-refractivity contribution < 1.29 is 9.47 Å². The zero-order valence-electron chi connectivity index (χ0n) is 11.4. The quantitative estimate of drug-likeness (QED) is 0.551. The number of hydrogen-bond acceptors (Lipinski definition) is 4. The molecule has 104 valence electrons. The molecule has 0 aliphatic carbocycles. The fourth-order valence-electron chi connectivity index (χ4n) is 2.01. The highest BCUT2D eigenvalue weighted by atomic mass is 35.5. The number of hydrogen-bond donors (Lipinski definition) is 0. The lowest BCUT2D eigenvalue weighted by atomic mass is 9.93. The van der Waals surface area contributed by atoms with E-state index in [1.165, 1.54) is 11.8 Å². The van der Waals surface area contributed by atoms with Crippen LogP contribution in [0.5, 0.6) is 11.5 Å². The molecule has 1 atom stereocenters. The molecule has 1 aromatic carbocycles. The van der Waals surface area contributed by atoms with Crippen LogP contribution in [0.2, 0.25) is 5.02 Å². The third-order valence-electron chi connectivity index (χ3n) is 3.07. The van der Waals surface area contributed by atoms with Crippen molar-refractivity contribution in [3.8, 4) is 16.9 Å². The van der Waals surface area contributed by atoms with Crippen molar-refractivity contribution in [3.63, 3.8) is 0 Å². The third-order valence-corrected chi connectivity index (χ3v) is 3.96. The second-order valence-corrected chi connectivity index (χ2v) is 5.35. The van der Waals surface area contributed by atoms with Gasteiger partial charge in [-0.15, -0.1) is 0 Å². The molecule has 0 N–H and O–H groups in total. The first-order valence-electron chi connectivity index (χ1n) is 6.10. The molecule has 0 aliphatic rings. The first kappa shape index (κ1) is 16.0. The summed E-state index contributed by atoms with van der Waals surface area (Å²) in [5, 5.41) is 11.4. The van der Waals surface area contributed by atoms with Crippen LogP contribution >= 0.6 is 23.4 Å². The number of rotatable bonds is 7. The van der Waals surface area contributed by atoms with Gasteiger partial charge >= 0.3 is 0 Å². The van der Waals surface area contributed by atoms with E-state index in [9.17, 15) is 0 Å². The Kier molecular flexibility index (Phi) is 6.90. The average molecular weight is 300 g/mol. The Hall–Kier alpha value is -1.05. The molecule has 0 saturated carbocycles. The Balaban J connectivity index is 3.00. The fraction of sp³-hybridized carbons (Fsp3) is 0.500. The lowest BCUT2D eigenvalue weighted by Crippen LogP contribution is -2.02. The topological polar surface area (TPSA) is 42.2 Å². The number of thioether (sulfide) groups is 1. The van der Waals surface area contributed by atoms with Gasteiger partial charge in [-0.2, -0.15) is 5.26 Å². The van der Waals surface area contributed by atoms with Gasteiger partial charge in [-0.25, -0.2) is 0 Å². The number of thiocyanates is 1. The minimum atomic E-state index is 0.327. The highest BCUT2D eigenvalue weighted by Gasteiger charge is 2.17. The first-order valence-corrected chi connectivity index (χ1v) is 7.46. The van der Waals surface area contributed by atoms with Crippen LogP contribution in [0.15, 0.2) is 12.1 Å². The molecular weight excluding hydrogens is 282 g/mol. The lowest BCUT2D eigenvalue weighted by molar-refractivity contribution is 0.354. The van der Waals surface area contributed by atoms with E-state index in [0.29, 0.717) is 22.4 Å². The summed E-state index contributed by atoms with van der Waals surface area (Å²) in [6.45, 7) is 2.12. The van der Waals surface area contributed by atoms with Gasteiger partial charge in [0.15, 0.2) is 11.5 Å². The summed E-state index contributed by atoms with van der Waals surface area (Å²) in [7, 11) is 3.21. The molecule has 0 aliphatic heterocycles. The molecule has 3 nitrogen and oxygen atoms in total. The molecule has 1 unspecified atom stereocenters. The second kappa shape index (κ2) is 8.19. The normalized spacial score (nSPS) is 11.7. The fourth-order valence-corrected chi connectivity index (χ4v) is 2.81. The minimum Gasteiger partial charge on any atom is -0.493 e. The predicted molar refractivity (Wildman–Crippen MR) is 80.3 cm³/mol. The van der Waals surface area contributed by atoms with Crippen LogP contribution in [-0.2, 0) is 0 Å². The van der Waals surface area contributed by atoms with Gasteiger partial charge in [-0.05, 0) is 42.2 Å². The van der Waals surface area contributed by atoms with Gasteiger partial charge in [-0.1, -0.05) is 18.5 Å². The molecule has 5 heteroatoms. The molecule has 0 aromatic heterocycles. The van der Waals surface area contributed by atoms with E-state index in [4.69, 9.17) is 26.3 Å². The van der Waals surface area contributed by atoms with E-state index in [1.807, 2.05) is 6.07 Å². The maximum atomic E-state index is 8.58. The van der Waals surface area contributed by atoms with Crippen LogP contribution in [0.3, 0.4) is 0 Å². The summed E-state index contributed by atoms with van der Waals surface area (Å²) >= 11 is 7.59. The molecule has 0 heterocycles. The van der Waals surface area contributed by atoms with Crippen LogP contribution in [0.4, 0.5) is 0 Å². The predicted octanol–water partition coefficient (Wildman–Crippen LogP) is 4.46. The summed E-state index contributed by atoms with van der Waals surface area (Å²) < 4.78 is 10.5. The van der Waals surface area contributed by atoms with Crippen molar-refractivity contribution in [1.82, 2.24) is 0 Å². The lowest BCUT2D eigenvalue weighted by Gasteiger charge is -2.18. The molecule has 0 bridgehead atoms. The highest BCUT2D eigenvalue weighted by molar-refractivity contribution is 8.03. The van der Waals surface area contributed by atoms with Gasteiger partial charge in [0, 0.05) is 16.8 Å². The minimum absolute atomic E-state index is 0.327. The number of halogens is 1. The van der Waals surface area contributed by atoms with Crippen LogP contribution in [0.1, 0.15) is 31.2 Å². The van der Waals surface area contributed by atoms with Gasteiger partial charge in [0.05, 0.1) is 14.2 Å². The number of methoxy groups -OCH3 is 2. The van der Waals surface area contributed by atoms with Crippen molar-refractivity contribution in [1.29, 1.82) is 5.26 Å².